The zero-order valence-electron chi connectivity index (χ0n) is 11.2. The molecule has 1 aliphatic carbocycles. The number of nitrogens with zero attached hydrogens (tertiary/aromatic N) is 4. The molecule has 2 atom stereocenters. The molecule has 0 saturated heterocycles. The lowest BCUT2D eigenvalue weighted by Crippen LogP contribution is -2.27. The Balaban J connectivity index is 1.67. The number of aromatic nitrogens is 4. The Bertz CT molecular complexity index is 502. The summed E-state index contributed by atoms with van der Waals surface area (Å²) in [6.45, 7) is 0. The molecule has 2 aromatic heterocycles. The van der Waals surface area contributed by atoms with Gasteiger partial charge in [-0.1, -0.05) is 12.8 Å². The van der Waals surface area contributed by atoms with Gasteiger partial charge in [-0.3, -0.25) is 9.98 Å². The van der Waals surface area contributed by atoms with E-state index in [0.717, 1.165) is 24.5 Å². The van der Waals surface area contributed by atoms with Crippen molar-refractivity contribution in [1.82, 2.24) is 19.9 Å². The van der Waals surface area contributed by atoms with Gasteiger partial charge in [0, 0.05) is 24.8 Å². The lowest BCUT2D eigenvalue weighted by molar-refractivity contribution is 0.390. The van der Waals surface area contributed by atoms with Gasteiger partial charge >= 0.3 is 0 Å². The molecule has 2 heterocycles. The van der Waals surface area contributed by atoms with E-state index < -0.39 is 0 Å². The molecule has 6 nitrogen and oxygen atoms in total. The van der Waals surface area contributed by atoms with Gasteiger partial charge in [-0.05, 0) is 12.8 Å². The molecule has 0 aromatic carbocycles. The lowest BCUT2D eigenvalue weighted by Gasteiger charge is -2.25. The third-order valence-corrected chi connectivity index (χ3v) is 3.51. The van der Waals surface area contributed by atoms with Crippen LogP contribution in [0.2, 0.25) is 0 Å². The Morgan fingerprint density at radius 1 is 0.900 bits per heavy atom. The van der Waals surface area contributed by atoms with Crippen LogP contribution in [0.25, 0.3) is 0 Å². The molecule has 104 valence electrons. The molecule has 0 bridgehead atoms. The summed E-state index contributed by atoms with van der Waals surface area (Å²) in [6, 6.07) is 0.472. The highest BCUT2D eigenvalue weighted by Gasteiger charge is 2.23. The van der Waals surface area contributed by atoms with E-state index in [1.165, 1.54) is 12.8 Å². The van der Waals surface area contributed by atoms with Crippen LogP contribution in [0.5, 0.6) is 0 Å². The fourth-order valence-electron chi connectivity index (χ4n) is 2.47. The van der Waals surface area contributed by atoms with Crippen molar-refractivity contribution in [3.63, 3.8) is 0 Å². The number of imidazole rings is 2. The molecule has 1 fully saturated rings. The first-order valence-electron chi connectivity index (χ1n) is 6.97. The molecule has 2 N–H and O–H groups in total. The van der Waals surface area contributed by atoms with Gasteiger partial charge in [-0.25, -0.2) is 9.97 Å². The van der Waals surface area contributed by atoms with Gasteiger partial charge in [-0.15, -0.1) is 0 Å². The topological polar surface area (TPSA) is 82.1 Å². The number of H-pyrrole nitrogens is 2. The first kappa shape index (κ1) is 12.8. The molecule has 0 aliphatic heterocycles. The molecule has 0 amide bonds. The number of aliphatic imine (C=N–C) groups is 2. The van der Waals surface area contributed by atoms with Gasteiger partial charge in [0.15, 0.2) is 0 Å². The van der Waals surface area contributed by atoms with Crippen molar-refractivity contribution in [3.8, 4) is 0 Å². The Morgan fingerprint density at radius 3 is 1.80 bits per heavy atom. The molecule has 6 heteroatoms. The van der Waals surface area contributed by atoms with Gasteiger partial charge in [0.1, 0.15) is 11.6 Å². The summed E-state index contributed by atoms with van der Waals surface area (Å²) in [6.07, 6.45) is 15.3. The van der Waals surface area contributed by atoms with Crippen molar-refractivity contribution in [2.45, 2.75) is 37.8 Å². The van der Waals surface area contributed by atoms with E-state index in [-0.39, 0.29) is 12.1 Å². The van der Waals surface area contributed by atoms with E-state index in [9.17, 15) is 0 Å². The highest BCUT2D eigenvalue weighted by molar-refractivity contribution is 5.75. The minimum Gasteiger partial charge on any atom is -0.344 e. The smallest absolute Gasteiger partial charge is 0.148 e. The maximum absolute atomic E-state index is 4.64. The molecule has 3 rings (SSSR count). The van der Waals surface area contributed by atoms with Gasteiger partial charge in [0.25, 0.3) is 0 Å². The Morgan fingerprint density at radius 2 is 1.40 bits per heavy atom. The summed E-state index contributed by atoms with van der Waals surface area (Å²) in [5.41, 5.74) is 0. The number of aromatic amines is 2. The second kappa shape index (κ2) is 6.27. The Labute approximate surface area is 117 Å². The third-order valence-electron chi connectivity index (χ3n) is 3.51. The highest BCUT2D eigenvalue weighted by Crippen LogP contribution is 2.23. The van der Waals surface area contributed by atoms with Crippen LogP contribution in [0, 0.1) is 0 Å². The van der Waals surface area contributed by atoms with Crippen LogP contribution in [0.15, 0.2) is 34.8 Å². The zero-order valence-corrected chi connectivity index (χ0v) is 11.2. The van der Waals surface area contributed by atoms with E-state index in [1.54, 1.807) is 24.8 Å². The Hall–Kier alpha value is -2.24. The summed E-state index contributed by atoms with van der Waals surface area (Å²) in [5, 5.41) is 0. The normalized spacial score (nSPS) is 23.8. The Kier molecular flexibility index (Phi) is 4.01. The van der Waals surface area contributed by atoms with Crippen molar-refractivity contribution >= 4 is 12.4 Å². The van der Waals surface area contributed by atoms with Crippen molar-refractivity contribution in [3.05, 3.63) is 36.4 Å². The molecule has 0 unspecified atom stereocenters. The van der Waals surface area contributed by atoms with E-state index in [4.69, 9.17) is 0 Å². The van der Waals surface area contributed by atoms with Crippen molar-refractivity contribution in [2.75, 3.05) is 0 Å². The van der Waals surface area contributed by atoms with E-state index in [2.05, 4.69) is 29.9 Å². The van der Waals surface area contributed by atoms with E-state index in [0.29, 0.717) is 0 Å². The SMILES string of the molecule is C(=N[C@H]1CCCC[C@@H]1N=Cc1ncc[nH]1)c1ncc[nH]1. The summed E-state index contributed by atoms with van der Waals surface area (Å²) in [7, 11) is 0. The van der Waals surface area contributed by atoms with Crippen molar-refractivity contribution < 1.29 is 0 Å². The van der Waals surface area contributed by atoms with Gasteiger partial charge in [0.2, 0.25) is 0 Å². The summed E-state index contributed by atoms with van der Waals surface area (Å²) < 4.78 is 0. The lowest BCUT2D eigenvalue weighted by atomic mass is 9.91. The second-order valence-electron chi connectivity index (χ2n) is 4.92. The molecule has 0 spiro atoms. The molecular weight excluding hydrogens is 252 g/mol. The number of hydrogen-bond acceptors (Lipinski definition) is 4. The number of nitrogens with one attached hydrogen (secondary N) is 2. The molecule has 2 aromatic rings. The van der Waals surface area contributed by atoms with Gasteiger partial charge < -0.3 is 9.97 Å². The van der Waals surface area contributed by atoms with Gasteiger partial charge in [0.05, 0.1) is 24.5 Å². The molecule has 0 radical (unpaired) electrons. The fraction of sp³-hybridized carbons (Fsp3) is 0.429. The van der Waals surface area contributed by atoms with Crippen LogP contribution in [0.4, 0.5) is 0 Å². The summed E-state index contributed by atoms with van der Waals surface area (Å²) >= 11 is 0. The molecule has 1 saturated carbocycles. The molecule has 1 aliphatic rings. The standard InChI is InChI=1S/C14H18N6/c1-2-4-12(20-10-14-17-7-8-18-14)11(3-1)19-9-13-15-5-6-16-13/h5-12H,1-4H2,(H,15,16)(H,17,18)/t11-,12-/m0/s1. The fourth-order valence-corrected chi connectivity index (χ4v) is 2.47. The van der Waals surface area contributed by atoms with Crippen LogP contribution < -0.4 is 0 Å². The number of hydrogen-bond donors (Lipinski definition) is 2. The van der Waals surface area contributed by atoms with Crippen LogP contribution in [-0.2, 0) is 0 Å². The predicted molar refractivity (Wildman–Crippen MR) is 78.4 cm³/mol. The molecular formula is C14H18N6. The monoisotopic (exact) mass is 270 g/mol. The van der Waals surface area contributed by atoms with Gasteiger partial charge in [-0.2, -0.15) is 0 Å². The van der Waals surface area contributed by atoms with Crippen LogP contribution in [0.3, 0.4) is 0 Å². The zero-order chi connectivity index (χ0) is 13.6. The maximum atomic E-state index is 4.64. The average molecular weight is 270 g/mol. The highest BCUT2D eigenvalue weighted by atomic mass is 15.0. The minimum absolute atomic E-state index is 0.236. The predicted octanol–water partition coefficient (Wildman–Crippen LogP) is 1.98. The maximum Gasteiger partial charge on any atom is 0.148 e. The van der Waals surface area contributed by atoms with Crippen LogP contribution in [-0.4, -0.2) is 44.4 Å². The largest absolute Gasteiger partial charge is 0.344 e. The first-order valence-corrected chi connectivity index (χ1v) is 6.97. The van der Waals surface area contributed by atoms with Crippen LogP contribution >= 0.6 is 0 Å². The van der Waals surface area contributed by atoms with E-state index in [1.807, 2.05) is 12.4 Å². The van der Waals surface area contributed by atoms with Crippen molar-refractivity contribution in [2.24, 2.45) is 9.98 Å². The van der Waals surface area contributed by atoms with E-state index >= 15 is 0 Å². The van der Waals surface area contributed by atoms with Crippen LogP contribution in [0.1, 0.15) is 37.3 Å². The van der Waals surface area contributed by atoms with Crippen molar-refractivity contribution in [1.29, 1.82) is 0 Å². The third kappa shape index (κ3) is 3.20. The second-order valence-corrected chi connectivity index (χ2v) is 4.92. The quantitative estimate of drug-likeness (QED) is 0.833. The summed E-state index contributed by atoms with van der Waals surface area (Å²) in [5.74, 6) is 1.59. The minimum atomic E-state index is 0.236. The number of rotatable bonds is 4. The first-order chi connectivity index (χ1) is 9.92. The molecule has 20 heavy (non-hydrogen) atoms. The summed E-state index contributed by atoms with van der Waals surface area (Å²) in [4.78, 5) is 23.7. The average Bonchev–Trinajstić information content (AvgIpc) is 3.17.